The molecule has 5 heteroatoms. The number of aliphatic carboxylic acids is 1. The lowest BCUT2D eigenvalue weighted by Gasteiger charge is -2.33. The number of carboxylic acids is 1. The van der Waals surface area contributed by atoms with Crippen LogP contribution < -0.4 is 0 Å². The Morgan fingerprint density at radius 1 is 1.48 bits per heavy atom. The maximum atomic E-state index is 11.4. The van der Waals surface area contributed by atoms with Gasteiger partial charge in [-0.3, -0.25) is 9.69 Å². The number of likely N-dealkylation sites (N-methyl/N-ethyl adjacent to an activating group) is 1. The number of nitrogens with zero attached hydrogens (tertiary/aromatic N) is 1. The summed E-state index contributed by atoms with van der Waals surface area (Å²) in [5, 5.41) is 9.37. The van der Waals surface area contributed by atoms with Gasteiger partial charge in [0.1, 0.15) is 6.04 Å². The van der Waals surface area contributed by atoms with Crippen LogP contribution in [-0.2, 0) is 4.79 Å². The molecule has 0 saturated heterocycles. The molecule has 2 heterocycles. The van der Waals surface area contributed by atoms with E-state index in [9.17, 15) is 9.90 Å². The average Bonchev–Trinajstić information content (AvgIpc) is 2.85. The summed E-state index contributed by atoms with van der Waals surface area (Å²) in [6.45, 7) is 4.85. The van der Waals surface area contributed by atoms with E-state index in [-0.39, 0.29) is 0 Å². The minimum absolute atomic E-state index is 0.343. The summed E-state index contributed by atoms with van der Waals surface area (Å²) >= 11 is 3.53. The number of hydrogen-bond acceptors (Lipinski definition) is 3. The van der Waals surface area contributed by atoms with Gasteiger partial charge in [-0.2, -0.15) is 12.6 Å². The number of aromatic nitrogens is 1. The number of thiol groups is 1. The predicted octanol–water partition coefficient (Wildman–Crippen LogP) is 3.32. The Morgan fingerprint density at radius 3 is 2.71 bits per heavy atom. The van der Waals surface area contributed by atoms with Crippen LogP contribution in [0, 0.1) is 0 Å². The van der Waals surface area contributed by atoms with E-state index in [1.807, 2.05) is 43.2 Å². The zero-order valence-electron chi connectivity index (χ0n) is 13.0. The van der Waals surface area contributed by atoms with E-state index < -0.39 is 12.0 Å². The molecule has 0 spiro atoms. The van der Waals surface area contributed by atoms with Crippen LogP contribution in [-0.4, -0.2) is 40.8 Å². The number of fused-ring (bicyclic) bond motifs is 1. The lowest BCUT2D eigenvalue weighted by molar-refractivity contribution is -0.143. The second kappa shape index (κ2) is 8.10. The van der Waals surface area contributed by atoms with Gasteiger partial charge in [-0.25, -0.2) is 0 Å². The summed E-state index contributed by atoms with van der Waals surface area (Å²) in [7, 11) is 1.86. The molecule has 0 aliphatic carbocycles. The van der Waals surface area contributed by atoms with Crippen molar-refractivity contribution in [2.24, 2.45) is 0 Å². The number of H-pyrrole nitrogens is 1. The molecule has 2 N–H and O–H groups in total. The van der Waals surface area contributed by atoms with Gasteiger partial charge in [-0.05, 0) is 43.9 Å². The van der Waals surface area contributed by atoms with Crippen molar-refractivity contribution in [3.8, 4) is 0 Å². The molecule has 0 radical (unpaired) electrons. The van der Waals surface area contributed by atoms with Crippen molar-refractivity contribution in [1.29, 1.82) is 0 Å². The lowest BCUT2D eigenvalue weighted by atomic mass is 9.92. The second-order valence-electron chi connectivity index (χ2n) is 5.06. The van der Waals surface area contributed by atoms with E-state index in [0.717, 1.165) is 23.5 Å². The number of nitrogens with one attached hydrogen (secondary N) is 1. The lowest BCUT2D eigenvalue weighted by Crippen LogP contribution is -2.38. The standard InChI is InChI=1S/C15H20N2O2.CH4S/c1-4-5-6-7-11-8-12-10(2)9-17(3)14(15(18)19)13(12)16-11;1-2/h4-8,10,14,16H,9H2,1-3H3,(H,18,19);2H,1H3/b5-4-,7-6-;. The number of carbonyl (C=O) groups is 1. The third-order valence-corrected chi connectivity index (χ3v) is 3.52. The van der Waals surface area contributed by atoms with Gasteiger partial charge in [0.25, 0.3) is 0 Å². The molecule has 4 nitrogen and oxygen atoms in total. The quantitative estimate of drug-likeness (QED) is 0.593. The fourth-order valence-corrected chi connectivity index (χ4v) is 2.67. The normalized spacial score (nSPS) is 22.1. The van der Waals surface area contributed by atoms with Gasteiger partial charge in [-0.1, -0.05) is 25.2 Å². The fourth-order valence-electron chi connectivity index (χ4n) is 2.67. The molecule has 2 atom stereocenters. The summed E-state index contributed by atoms with van der Waals surface area (Å²) in [5.41, 5.74) is 2.89. The van der Waals surface area contributed by atoms with E-state index in [4.69, 9.17) is 0 Å². The van der Waals surface area contributed by atoms with Gasteiger partial charge in [0.2, 0.25) is 0 Å². The van der Waals surface area contributed by atoms with Crippen molar-refractivity contribution in [2.75, 3.05) is 19.8 Å². The molecule has 1 aromatic rings. The highest BCUT2D eigenvalue weighted by atomic mass is 32.1. The maximum absolute atomic E-state index is 11.4. The largest absolute Gasteiger partial charge is 0.480 e. The summed E-state index contributed by atoms with van der Waals surface area (Å²) in [6, 6.07) is 1.48. The van der Waals surface area contributed by atoms with Gasteiger partial charge in [0.05, 0.1) is 0 Å². The van der Waals surface area contributed by atoms with Crippen LogP contribution in [0.2, 0.25) is 0 Å². The zero-order valence-corrected chi connectivity index (χ0v) is 13.9. The summed E-state index contributed by atoms with van der Waals surface area (Å²) in [5.74, 6) is -0.461. The van der Waals surface area contributed by atoms with Crippen molar-refractivity contribution in [3.63, 3.8) is 0 Å². The molecule has 1 aliphatic rings. The summed E-state index contributed by atoms with van der Waals surface area (Å²) < 4.78 is 0. The topological polar surface area (TPSA) is 56.3 Å². The van der Waals surface area contributed by atoms with Gasteiger partial charge in [0.15, 0.2) is 0 Å². The van der Waals surface area contributed by atoms with E-state index in [1.165, 1.54) is 0 Å². The first kappa shape index (κ1) is 17.6. The molecule has 0 saturated carbocycles. The smallest absolute Gasteiger partial charge is 0.327 e. The van der Waals surface area contributed by atoms with Crippen molar-refractivity contribution >= 4 is 24.7 Å². The highest BCUT2D eigenvalue weighted by Crippen LogP contribution is 2.35. The molecular formula is C16H24N2O2S. The van der Waals surface area contributed by atoms with E-state index >= 15 is 0 Å². The Bertz CT molecular complexity index is 534. The molecule has 0 bridgehead atoms. The van der Waals surface area contributed by atoms with Gasteiger partial charge >= 0.3 is 5.97 Å². The number of hydrogen-bond donors (Lipinski definition) is 3. The Kier molecular flexibility index (Phi) is 6.78. The number of rotatable bonds is 3. The number of allylic oxidation sites excluding steroid dienone is 3. The van der Waals surface area contributed by atoms with Crippen LogP contribution >= 0.6 is 12.6 Å². The molecule has 0 fully saturated rings. The molecule has 0 amide bonds. The fraction of sp³-hybridized carbons (Fsp3) is 0.438. The first-order chi connectivity index (χ1) is 10.0. The third-order valence-electron chi connectivity index (χ3n) is 3.52. The Morgan fingerprint density at radius 2 is 2.14 bits per heavy atom. The number of carboxylic acid groups (broad SMARTS) is 1. The minimum atomic E-state index is -0.804. The van der Waals surface area contributed by atoms with Gasteiger partial charge < -0.3 is 10.1 Å². The zero-order chi connectivity index (χ0) is 16.0. The van der Waals surface area contributed by atoms with E-state index in [0.29, 0.717) is 5.92 Å². The van der Waals surface area contributed by atoms with Crippen LogP contribution in [0.4, 0.5) is 0 Å². The maximum Gasteiger partial charge on any atom is 0.327 e. The second-order valence-corrected chi connectivity index (χ2v) is 5.06. The Labute approximate surface area is 132 Å². The molecule has 2 rings (SSSR count). The average molecular weight is 308 g/mol. The first-order valence-electron chi connectivity index (χ1n) is 6.94. The third kappa shape index (κ3) is 4.02. The molecular weight excluding hydrogens is 284 g/mol. The summed E-state index contributed by atoms with van der Waals surface area (Å²) in [4.78, 5) is 16.5. The SMILES string of the molecule is C/C=C\C=C/c1cc2c([nH]1)C(C(=O)O)N(C)CC2C.CS. The molecule has 21 heavy (non-hydrogen) atoms. The Hall–Kier alpha value is -1.46. The van der Waals surface area contributed by atoms with Crippen molar-refractivity contribution in [3.05, 3.63) is 41.2 Å². The van der Waals surface area contributed by atoms with Crippen LogP contribution in [0.25, 0.3) is 6.08 Å². The van der Waals surface area contributed by atoms with Crippen LogP contribution in [0.15, 0.2) is 24.3 Å². The van der Waals surface area contributed by atoms with Crippen LogP contribution in [0.3, 0.4) is 0 Å². The van der Waals surface area contributed by atoms with Crippen molar-refractivity contribution in [2.45, 2.75) is 25.8 Å². The predicted molar refractivity (Wildman–Crippen MR) is 91.0 cm³/mol. The first-order valence-corrected chi connectivity index (χ1v) is 7.84. The minimum Gasteiger partial charge on any atom is -0.480 e. The highest BCUT2D eigenvalue weighted by molar-refractivity contribution is 7.79. The molecule has 116 valence electrons. The van der Waals surface area contributed by atoms with E-state index in [1.54, 1.807) is 6.26 Å². The molecule has 0 aromatic carbocycles. The monoisotopic (exact) mass is 308 g/mol. The highest BCUT2D eigenvalue weighted by Gasteiger charge is 2.35. The van der Waals surface area contributed by atoms with Crippen LogP contribution in [0.1, 0.15) is 42.8 Å². The van der Waals surface area contributed by atoms with Gasteiger partial charge in [-0.15, -0.1) is 0 Å². The van der Waals surface area contributed by atoms with Crippen LogP contribution in [0.5, 0.6) is 0 Å². The number of aromatic amines is 1. The summed E-state index contributed by atoms with van der Waals surface area (Å²) in [6.07, 6.45) is 9.51. The molecule has 2 unspecified atom stereocenters. The molecule has 1 aliphatic heterocycles. The van der Waals surface area contributed by atoms with Crippen molar-refractivity contribution < 1.29 is 9.90 Å². The van der Waals surface area contributed by atoms with Gasteiger partial charge in [0, 0.05) is 17.9 Å². The van der Waals surface area contributed by atoms with Crippen molar-refractivity contribution in [1.82, 2.24) is 9.88 Å². The molecule has 1 aromatic heterocycles. The van der Waals surface area contributed by atoms with E-state index in [2.05, 4.69) is 30.6 Å². The Balaban J connectivity index is 0.00000106.